The summed E-state index contributed by atoms with van der Waals surface area (Å²) in [4.78, 5) is 16.5. The Bertz CT molecular complexity index is 3810. The van der Waals surface area contributed by atoms with E-state index in [9.17, 15) is 0 Å². The van der Waals surface area contributed by atoms with Gasteiger partial charge >= 0.3 is 0 Å². The van der Waals surface area contributed by atoms with Crippen molar-refractivity contribution < 1.29 is 0 Å². The van der Waals surface area contributed by atoms with Crippen LogP contribution in [0.25, 0.3) is 100 Å². The van der Waals surface area contributed by atoms with E-state index in [0.717, 1.165) is 60.6 Å². The van der Waals surface area contributed by atoms with Crippen molar-refractivity contribution in [2.24, 2.45) is 0 Å². The van der Waals surface area contributed by atoms with Crippen LogP contribution in [0.4, 0.5) is 0 Å². The maximum Gasteiger partial charge on any atom is 0.238 e. The van der Waals surface area contributed by atoms with Gasteiger partial charge in [0.25, 0.3) is 0 Å². The molecule has 292 valence electrons. The Hall–Kier alpha value is -8.41. The van der Waals surface area contributed by atoms with Crippen molar-refractivity contribution in [2.75, 3.05) is 0 Å². The van der Waals surface area contributed by atoms with Crippen LogP contribution in [0.3, 0.4) is 0 Å². The lowest BCUT2D eigenvalue weighted by Crippen LogP contribution is -2.25. The smallest absolute Gasteiger partial charge is 0.238 e. The molecule has 0 saturated heterocycles. The van der Waals surface area contributed by atoms with Gasteiger partial charge in [0.05, 0.1) is 27.5 Å². The number of hydrogen-bond donors (Lipinski definition) is 0. The van der Waals surface area contributed by atoms with E-state index in [1.54, 1.807) is 0 Å². The summed E-state index contributed by atoms with van der Waals surface area (Å²) in [6.45, 7) is 0. The van der Waals surface area contributed by atoms with Gasteiger partial charge in [-0.2, -0.15) is 9.97 Å². The van der Waals surface area contributed by atoms with E-state index in [-0.39, 0.29) is 0 Å². The van der Waals surface area contributed by atoms with Crippen LogP contribution in [0, 0.1) is 0 Å². The molecule has 0 saturated carbocycles. The molecule has 5 nitrogen and oxygen atoms in total. The molecule has 0 aliphatic heterocycles. The van der Waals surface area contributed by atoms with Crippen LogP contribution in [-0.4, -0.2) is 24.1 Å². The van der Waals surface area contributed by atoms with Gasteiger partial charge in [0.1, 0.15) is 0 Å². The molecule has 0 amide bonds. The molecule has 3 aromatic heterocycles. The lowest BCUT2D eigenvalue weighted by atomic mass is 9.70. The summed E-state index contributed by atoms with van der Waals surface area (Å²) in [5, 5.41) is 4.61. The highest BCUT2D eigenvalue weighted by Gasteiger charge is 2.52. The lowest BCUT2D eigenvalue weighted by Gasteiger charge is -2.30. The average molecular weight is 802 g/mol. The summed E-state index contributed by atoms with van der Waals surface area (Å²) >= 11 is 0. The first-order valence-electron chi connectivity index (χ1n) is 21.5. The van der Waals surface area contributed by atoms with Gasteiger partial charge in [-0.1, -0.05) is 182 Å². The molecule has 0 atom stereocenters. The van der Waals surface area contributed by atoms with Crippen molar-refractivity contribution >= 4 is 43.6 Å². The third-order valence-electron chi connectivity index (χ3n) is 13.6. The second-order valence-electron chi connectivity index (χ2n) is 16.7. The standard InChI is InChI=1S/C58H35N5/c1-3-18-36(19-4-1)55-59-56(44-27-17-31-48-52(44)42-25-9-14-30-47(42)58(48)45-28-12-7-22-38(45)39-23-8-13-29-46(39)58)61-57(60-55)63-49-32-15-10-24-40(49)41-34-35-51-53(54(41)63)43-26-11-16-33-50(43)62(51)37-20-5-2-6-21-37/h1-35H. The van der Waals surface area contributed by atoms with E-state index in [2.05, 4.69) is 215 Å². The number of hydrogen-bond acceptors (Lipinski definition) is 3. The first kappa shape index (κ1) is 34.3. The summed E-state index contributed by atoms with van der Waals surface area (Å²) in [5.41, 5.74) is 17.0. The van der Waals surface area contributed by atoms with Gasteiger partial charge in [-0.3, -0.25) is 4.57 Å². The lowest BCUT2D eigenvalue weighted by molar-refractivity contribution is 0.794. The first-order chi connectivity index (χ1) is 31.3. The SMILES string of the molecule is c1ccc(-c2nc(-c3cccc4c3-c3ccccc3C43c4ccccc4-c4ccccc43)nc(-n3c4ccccc4c4ccc5c(c6ccccc6n5-c5ccccc5)c43)n2)cc1. The summed E-state index contributed by atoms with van der Waals surface area (Å²) in [7, 11) is 0. The second-order valence-corrected chi connectivity index (χ2v) is 16.7. The number of benzene rings is 9. The fourth-order valence-corrected chi connectivity index (χ4v) is 11.2. The molecule has 2 aliphatic rings. The van der Waals surface area contributed by atoms with Crippen molar-refractivity contribution in [3.05, 3.63) is 235 Å². The normalized spacial score (nSPS) is 13.2. The molecule has 0 bridgehead atoms. The van der Waals surface area contributed by atoms with Gasteiger partial charge in [0.2, 0.25) is 5.95 Å². The molecule has 63 heavy (non-hydrogen) atoms. The number of para-hydroxylation sites is 3. The maximum atomic E-state index is 5.61. The van der Waals surface area contributed by atoms with Gasteiger partial charge in [-0.25, -0.2) is 4.98 Å². The minimum atomic E-state index is -0.487. The molecule has 0 fully saturated rings. The molecule has 1 spiro atoms. The Morgan fingerprint density at radius 2 is 0.873 bits per heavy atom. The van der Waals surface area contributed by atoms with Crippen molar-refractivity contribution in [2.45, 2.75) is 5.41 Å². The molecule has 9 aromatic carbocycles. The van der Waals surface area contributed by atoms with Gasteiger partial charge in [-0.05, 0) is 74.8 Å². The minimum absolute atomic E-state index is 0.487. The van der Waals surface area contributed by atoms with E-state index in [0.29, 0.717) is 17.6 Å². The van der Waals surface area contributed by atoms with Gasteiger partial charge in [-0.15, -0.1) is 0 Å². The third-order valence-corrected chi connectivity index (χ3v) is 13.6. The fourth-order valence-electron chi connectivity index (χ4n) is 11.2. The molecular formula is C58H35N5. The molecule has 3 heterocycles. The summed E-state index contributed by atoms with van der Waals surface area (Å²) < 4.78 is 4.66. The van der Waals surface area contributed by atoms with Gasteiger partial charge < -0.3 is 4.57 Å². The van der Waals surface area contributed by atoms with E-state index in [1.165, 1.54) is 44.3 Å². The van der Waals surface area contributed by atoms with Crippen LogP contribution < -0.4 is 0 Å². The monoisotopic (exact) mass is 801 g/mol. The Balaban J connectivity index is 1.10. The Morgan fingerprint density at radius 3 is 1.60 bits per heavy atom. The van der Waals surface area contributed by atoms with E-state index in [4.69, 9.17) is 15.0 Å². The zero-order chi connectivity index (χ0) is 41.2. The molecule has 0 N–H and O–H groups in total. The maximum absolute atomic E-state index is 5.61. The first-order valence-corrected chi connectivity index (χ1v) is 21.5. The van der Waals surface area contributed by atoms with Crippen molar-refractivity contribution in [3.63, 3.8) is 0 Å². The van der Waals surface area contributed by atoms with Crippen LogP contribution in [0.1, 0.15) is 22.3 Å². The quantitative estimate of drug-likeness (QED) is 0.178. The van der Waals surface area contributed by atoms with Crippen molar-refractivity contribution in [1.29, 1.82) is 0 Å². The van der Waals surface area contributed by atoms with Crippen molar-refractivity contribution in [1.82, 2.24) is 24.1 Å². The predicted octanol–water partition coefficient (Wildman–Crippen LogP) is 13.7. The largest absolute Gasteiger partial charge is 0.309 e. The van der Waals surface area contributed by atoms with Crippen LogP contribution in [0.15, 0.2) is 212 Å². The minimum Gasteiger partial charge on any atom is -0.309 e. The molecule has 0 unspecified atom stereocenters. The molecule has 12 aromatic rings. The Labute approximate surface area is 362 Å². The highest BCUT2D eigenvalue weighted by Crippen LogP contribution is 2.63. The molecule has 14 rings (SSSR count). The molecule has 5 heteroatoms. The number of nitrogens with zero attached hydrogens (tertiary/aromatic N) is 5. The Morgan fingerprint density at radius 1 is 0.333 bits per heavy atom. The zero-order valence-corrected chi connectivity index (χ0v) is 33.9. The summed E-state index contributed by atoms with van der Waals surface area (Å²) in [5.74, 6) is 1.83. The Kier molecular flexibility index (Phi) is 6.97. The molecule has 0 radical (unpaired) electrons. The van der Waals surface area contributed by atoms with Crippen molar-refractivity contribution in [3.8, 4) is 56.7 Å². The van der Waals surface area contributed by atoms with Crippen LogP contribution in [0.5, 0.6) is 0 Å². The van der Waals surface area contributed by atoms with Crippen LogP contribution >= 0.6 is 0 Å². The highest BCUT2D eigenvalue weighted by molar-refractivity contribution is 6.26. The summed E-state index contributed by atoms with van der Waals surface area (Å²) in [6.07, 6.45) is 0. The van der Waals surface area contributed by atoms with Crippen LogP contribution in [-0.2, 0) is 5.41 Å². The summed E-state index contributed by atoms with van der Waals surface area (Å²) in [6, 6.07) is 76.4. The third kappa shape index (κ3) is 4.52. The highest BCUT2D eigenvalue weighted by atomic mass is 15.2. The average Bonchev–Trinajstić information content (AvgIpc) is 4.07. The van der Waals surface area contributed by atoms with Gasteiger partial charge in [0, 0.05) is 38.4 Å². The number of aromatic nitrogens is 5. The topological polar surface area (TPSA) is 48.5 Å². The van der Waals surface area contributed by atoms with E-state index >= 15 is 0 Å². The van der Waals surface area contributed by atoms with Gasteiger partial charge in [0.15, 0.2) is 11.6 Å². The van der Waals surface area contributed by atoms with E-state index < -0.39 is 5.41 Å². The number of rotatable bonds is 4. The fraction of sp³-hybridized carbons (Fsp3) is 0.0172. The zero-order valence-electron chi connectivity index (χ0n) is 33.9. The predicted molar refractivity (Wildman–Crippen MR) is 256 cm³/mol. The van der Waals surface area contributed by atoms with Crippen LogP contribution in [0.2, 0.25) is 0 Å². The molecular weight excluding hydrogens is 767 g/mol. The van der Waals surface area contributed by atoms with E-state index in [1.807, 2.05) is 6.07 Å². The second kappa shape index (κ2) is 12.8. The number of fused-ring (bicyclic) bond motifs is 17. The molecule has 2 aliphatic carbocycles.